The number of nitrogens with zero attached hydrogens (tertiary/aromatic N) is 1. The summed E-state index contributed by atoms with van der Waals surface area (Å²) in [6.07, 6.45) is 3.60. The predicted octanol–water partition coefficient (Wildman–Crippen LogP) is 6.33. The third-order valence-corrected chi connectivity index (χ3v) is 5.66. The van der Waals surface area contributed by atoms with Crippen molar-refractivity contribution >= 4 is 16.9 Å². The summed E-state index contributed by atoms with van der Waals surface area (Å²) in [4.78, 5) is 11.6. The van der Waals surface area contributed by atoms with Crippen molar-refractivity contribution in [3.63, 3.8) is 0 Å². The quantitative estimate of drug-likeness (QED) is 0.202. The van der Waals surface area contributed by atoms with Crippen LogP contribution in [0.4, 0.5) is 0 Å². The molecule has 0 amide bonds. The molecule has 0 aliphatic heterocycles. The van der Waals surface area contributed by atoms with Gasteiger partial charge in [0.2, 0.25) is 0 Å². The lowest BCUT2D eigenvalue weighted by Crippen LogP contribution is -2.09. The van der Waals surface area contributed by atoms with E-state index in [0.717, 1.165) is 52.8 Å². The molecule has 0 bridgehead atoms. The SMILES string of the molecule is CCCc1c(OCCCOc2ccc(CC(=O)OC)cc2OCC)ccc2c(CC(C)(C)C)noc12. The van der Waals surface area contributed by atoms with Gasteiger partial charge in [0, 0.05) is 17.4 Å². The molecule has 0 radical (unpaired) electrons. The zero-order valence-corrected chi connectivity index (χ0v) is 22.4. The lowest BCUT2D eigenvalue weighted by atomic mass is 9.89. The zero-order chi connectivity index (χ0) is 26.1. The summed E-state index contributed by atoms with van der Waals surface area (Å²) < 4.78 is 28.4. The molecular weight excluding hydrogens is 458 g/mol. The van der Waals surface area contributed by atoms with E-state index >= 15 is 0 Å². The fourth-order valence-corrected chi connectivity index (χ4v) is 4.05. The second kappa shape index (κ2) is 12.7. The molecule has 7 nitrogen and oxygen atoms in total. The van der Waals surface area contributed by atoms with E-state index in [1.54, 1.807) is 0 Å². The molecule has 3 rings (SSSR count). The summed E-state index contributed by atoms with van der Waals surface area (Å²) in [7, 11) is 1.38. The van der Waals surface area contributed by atoms with Crippen LogP contribution in [-0.2, 0) is 28.8 Å². The van der Waals surface area contributed by atoms with Crippen LogP contribution < -0.4 is 14.2 Å². The van der Waals surface area contributed by atoms with Gasteiger partial charge in [0.25, 0.3) is 0 Å². The number of fused-ring (bicyclic) bond motifs is 1. The Bertz CT molecular complexity index is 1140. The molecule has 0 saturated heterocycles. The molecule has 36 heavy (non-hydrogen) atoms. The highest BCUT2D eigenvalue weighted by atomic mass is 16.5. The van der Waals surface area contributed by atoms with Gasteiger partial charge in [-0.25, -0.2) is 0 Å². The van der Waals surface area contributed by atoms with Crippen molar-refractivity contribution in [2.75, 3.05) is 26.9 Å². The van der Waals surface area contributed by atoms with Crippen LogP contribution in [0.5, 0.6) is 17.2 Å². The van der Waals surface area contributed by atoms with Gasteiger partial charge < -0.3 is 23.5 Å². The number of aryl methyl sites for hydroxylation is 1. The maximum Gasteiger partial charge on any atom is 0.309 e. The average molecular weight is 498 g/mol. The Kier molecular flexibility index (Phi) is 9.62. The number of hydrogen-bond donors (Lipinski definition) is 0. The second-order valence-electron chi connectivity index (χ2n) is 10.1. The molecule has 0 atom stereocenters. The fourth-order valence-electron chi connectivity index (χ4n) is 4.05. The Balaban J connectivity index is 1.61. The highest BCUT2D eigenvalue weighted by Gasteiger charge is 2.20. The van der Waals surface area contributed by atoms with Gasteiger partial charge >= 0.3 is 5.97 Å². The van der Waals surface area contributed by atoms with E-state index < -0.39 is 0 Å². The Hall–Kier alpha value is -3.22. The molecule has 196 valence electrons. The molecule has 7 heteroatoms. The predicted molar refractivity (Wildman–Crippen MR) is 140 cm³/mol. The summed E-state index contributed by atoms with van der Waals surface area (Å²) in [5.41, 5.74) is 3.85. The molecule has 0 aliphatic rings. The average Bonchev–Trinajstić information content (AvgIpc) is 3.22. The molecule has 0 unspecified atom stereocenters. The molecular formula is C29H39NO6. The van der Waals surface area contributed by atoms with Crippen molar-refractivity contribution in [3.8, 4) is 17.2 Å². The van der Waals surface area contributed by atoms with E-state index in [2.05, 4.69) is 38.9 Å². The Morgan fingerprint density at radius 2 is 1.69 bits per heavy atom. The van der Waals surface area contributed by atoms with Crippen LogP contribution in [0, 0.1) is 5.41 Å². The van der Waals surface area contributed by atoms with Gasteiger partial charge in [-0.15, -0.1) is 0 Å². The number of aromatic nitrogens is 1. The summed E-state index contributed by atoms with van der Waals surface area (Å²) in [6.45, 7) is 12.2. The van der Waals surface area contributed by atoms with Gasteiger partial charge in [-0.2, -0.15) is 0 Å². The van der Waals surface area contributed by atoms with Gasteiger partial charge in [-0.3, -0.25) is 4.79 Å². The van der Waals surface area contributed by atoms with E-state index in [1.165, 1.54) is 7.11 Å². The normalized spacial score (nSPS) is 11.5. The van der Waals surface area contributed by atoms with Crippen LogP contribution in [0.2, 0.25) is 0 Å². The number of ether oxygens (including phenoxy) is 4. The standard InChI is InChI=1S/C29H39NO6/c1-7-10-22-24(14-12-21-23(19-29(3,4)5)30-36-28(21)22)34-15-9-16-35-25-13-11-20(18-27(31)32-6)17-26(25)33-8-2/h11-14,17H,7-10,15-16,18-19H2,1-6H3. The van der Waals surface area contributed by atoms with E-state index in [1.807, 2.05) is 31.2 Å². The zero-order valence-electron chi connectivity index (χ0n) is 22.4. The smallest absolute Gasteiger partial charge is 0.309 e. The van der Waals surface area contributed by atoms with Crippen LogP contribution in [-0.4, -0.2) is 38.1 Å². The monoisotopic (exact) mass is 497 g/mol. The molecule has 0 saturated carbocycles. The first kappa shape index (κ1) is 27.4. The fraction of sp³-hybridized carbons (Fsp3) is 0.517. The van der Waals surface area contributed by atoms with Crippen LogP contribution in [0.3, 0.4) is 0 Å². The Morgan fingerprint density at radius 3 is 2.36 bits per heavy atom. The summed E-state index contributed by atoms with van der Waals surface area (Å²) >= 11 is 0. The van der Waals surface area contributed by atoms with Gasteiger partial charge in [-0.05, 0) is 55.0 Å². The van der Waals surface area contributed by atoms with Crippen molar-refractivity contribution in [2.45, 2.75) is 66.7 Å². The Morgan fingerprint density at radius 1 is 0.972 bits per heavy atom. The molecule has 0 fully saturated rings. The summed E-state index contributed by atoms with van der Waals surface area (Å²) in [5.74, 6) is 1.81. The number of rotatable bonds is 13. The molecule has 0 N–H and O–H groups in total. The number of carbonyl (C=O) groups is 1. The van der Waals surface area contributed by atoms with Crippen LogP contribution in [0.1, 0.15) is 64.3 Å². The number of hydrogen-bond acceptors (Lipinski definition) is 7. The Labute approximate surface area is 214 Å². The maximum atomic E-state index is 11.6. The molecule has 0 spiro atoms. The van der Waals surface area contributed by atoms with Crippen LogP contribution in [0.15, 0.2) is 34.9 Å². The van der Waals surface area contributed by atoms with Crippen molar-refractivity contribution in [3.05, 3.63) is 47.2 Å². The van der Waals surface area contributed by atoms with Crippen molar-refractivity contribution < 1.29 is 28.3 Å². The minimum atomic E-state index is -0.292. The van der Waals surface area contributed by atoms with Crippen molar-refractivity contribution in [1.29, 1.82) is 0 Å². The topological polar surface area (TPSA) is 80.0 Å². The van der Waals surface area contributed by atoms with E-state index in [4.69, 9.17) is 23.5 Å². The van der Waals surface area contributed by atoms with Crippen LogP contribution in [0.25, 0.3) is 11.0 Å². The minimum absolute atomic E-state index is 0.133. The highest BCUT2D eigenvalue weighted by Crippen LogP contribution is 2.34. The summed E-state index contributed by atoms with van der Waals surface area (Å²) in [5, 5.41) is 5.44. The first-order valence-electron chi connectivity index (χ1n) is 12.7. The van der Waals surface area contributed by atoms with E-state index in [0.29, 0.717) is 37.7 Å². The van der Waals surface area contributed by atoms with Gasteiger partial charge in [0.1, 0.15) is 5.75 Å². The number of esters is 1. The lowest BCUT2D eigenvalue weighted by Gasteiger charge is -2.16. The molecule has 1 heterocycles. The molecule has 3 aromatic rings. The molecule has 1 aromatic heterocycles. The van der Waals surface area contributed by atoms with E-state index in [9.17, 15) is 4.79 Å². The molecule has 2 aromatic carbocycles. The molecule has 0 aliphatic carbocycles. The van der Waals surface area contributed by atoms with Crippen molar-refractivity contribution in [1.82, 2.24) is 5.16 Å². The number of carbonyl (C=O) groups excluding carboxylic acids is 1. The van der Waals surface area contributed by atoms with Gasteiger partial charge in [0.05, 0.1) is 39.0 Å². The third-order valence-electron chi connectivity index (χ3n) is 5.66. The van der Waals surface area contributed by atoms with Gasteiger partial charge in [-0.1, -0.05) is 45.3 Å². The largest absolute Gasteiger partial charge is 0.493 e. The third kappa shape index (κ3) is 7.39. The lowest BCUT2D eigenvalue weighted by molar-refractivity contribution is -0.139. The highest BCUT2D eigenvalue weighted by molar-refractivity contribution is 5.84. The number of methoxy groups -OCH3 is 1. The first-order chi connectivity index (χ1) is 17.3. The second-order valence-corrected chi connectivity index (χ2v) is 10.1. The van der Waals surface area contributed by atoms with Crippen LogP contribution >= 0.6 is 0 Å². The van der Waals surface area contributed by atoms with Gasteiger partial charge in [0.15, 0.2) is 17.1 Å². The van der Waals surface area contributed by atoms with E-state index in [-0.39, 0.29) is 17.8 Å². The minimum Gasteiger partial charge on any atom is -0.493 e. The summed E-state index contributed by atoms with van der Waals surface area (Å²) in [6, 6.07) is 9.59. The first-order valence-corrected chi connectivity index (χ1v) is 12.7. The van der Waals surface area contributed by atoms with Crippen molar-refractivity contribution in [2.24, 2.45) is 5.41 Å². The maximum absolute atomic E-state index is 11.6. The number of benzene rings is 2.